The Bertz CT molecular complexity index is 368. The van der Waals surface area contributed by atoms with Gasteiger partial charge in [0.15, 0.2) is 6.29 Å². The summed E-state index contributed by atoms with van der Waals surface area (Å²) < 4.78 is 10.4. The highest BCUT2D eigenvalue weighted by Gasteiger charge is 2.22. The van der Waals surface area contributed by atoms with Gasteiger partial charge in [0.1, 0.15) is 0 Å². The van der Waals surface area contributed by atoms with E-state index < -0.39 is 0 Å². The Hall–Kier alpha value is -0.940. The molecule has 1 aliphatic rings. The topological polar surface area (TPSA) is 33.7 Å². The fraction of sp³-hybridized carbons (Fsp3) is 0.625. The molecule has 112 valence electrons. The second-order valence-corrected chi connectivity index (χ2v) is 5.33. The van der Waals surface area contributed by atoms with Crippen LogP contribution in [0.1, 0.15) is 12.0 Å². The van der Waals surface area contributed by atoms with Crippen LogP contribution < -0.4 is 5.32 Å². The van der Waals surface area contributed by atoms with Gasteiger partial charge in [0, 0.05) is 39.9 Å². The average Bonchev–Trinajstić information content (AvgIpc) is 2.95. The maximum absolute atomic E-state index is 5.19. The second-order valence-electron chi connectivity index (χ2n) is 5.33. The second kappa shape index (κ2) is 8.37. The molecule has 4 nitrogen and oxygen atoms in total. The van der Waals surface area contributed by atoms with Gasteiger partial charge in [-0.15, -0.1) is 0 Å². The van der Waals surface area contributed by atoms with E-state index in [1.165, 1.54) is 18.5 Å². The number of hydrogen-bond donors (Lipinski definition) is 1. The summed E-state index contributed by atoms with van der Waals surface area (Å²) in [5, 5.41) is 3.52. The molecule has 0 radical (unpaired) electrons. The van der Waals surface area contributed by atoms with Gasteiger partial charge in [-0.2, -0.15) is 0 Å². The van der Waals surface area contributed by atoms with Crippen molar-refractivity contribution >= 4 is 0 Å². The van der Waals surface area contributed by atoms with Crippen LogP contribution in [0.3, 0.4) is 0 Å². The largest absolute Gasteiger partial charge is 0.355 e. The molecule has 0 amide bonds. The molecule has 4 heteroatoms. The van der Waals surface area contributed by atoms with E-state index in [1.54, 1.807) is 14.2 Å². The summed E-state index contributed by atoms with van der Waals surface area (Å²) in [6, 6.07) is 11.2. The summed E-state index contributed by atoms with van der Waals surface area (Å²) in [5.41, 5.74) is 1.42. The molecule has 1 heterocycles. The van der Waals surface area contributed by atoms with E-state index >= 15 is 0 Å². The third kappa shape index (κ3) is 4.87. The van der Waals surface area contributed by atoms with Crippen molar-refractivity contribution in [1.82, 2.24) is 10.2 Å². The maximum atomic E-state index is 5.19. The number of nitrogens with one attached hydrogen (secondary N) is 1. The number of rotatable bonds is 8. The van der Waals surface area contributed by atoms with Gasteiger partial charge < -0.3 is 19.7 Å². The van der Waals surface area contributed by atoms with E-state index in [-0.39, 0.29) is 6.29 Å². The van der Waals surface area contributed by atoms with Gasteiger partial charge in [-0.05, 0) is 24.9 Å². The van der Waals surface area contributed by atoms with Gasteiger partial charge in [0.05, 0.1) is 0 Å². The summed E-state index contributed by atoms with van der Waals surface area (Å²) >= 11 is 0. The maximum Gasteiger partial charge on any atom is 0.169 e. The predicted molar refractivity (Wildman–Crippen MR) is 80.8 cm³/mol. The lowest BCUT2D eigenvalue weighted by Gasteiger charge is -2.19. The Morgan fingerprint density at radius 3 is 2.70 bits per heavy atom. The van der Waals surface area contributed by atoms with E-state index in [2.05, 4.69) is 40.5 Å². The molecule has 1 unspecified atom stereocenters. The molecule has 1 fully saturated rings. The lowest BCUT2D eigenvalue weighted by atomic mass is 10.1. The molecule has 0 aromatic heterocycles. The van der Waals surface area contributed by atoms with Gasteiger partial charge >= 0.3 is 0 Å². The van der Waals surface area contributed by atoms with Crippen LogP contribution in [0.5, 0.6) is 0 Å². The van der Waals surface area contributed by atoms with Crippen LogP contribution in [-0.4, -0.2) is 57.6 Å². The van der Waals surface area contributed by atoms with Crippen molar-refractivity contribution in [3.8, 4) is 0 Å². The zero-order valence-corrected chi connectivity index (χ0v) is 12.5. The monoisotopic (exact) mass is 278 g/mol. The molecule has 1 N–H and O–H groups in total. The Morgan fingerprint density at radius 1 is 1.25 bits per heavy atom. The number of hydrogen-bond acceptors (Lipinski definition) is 4. The average molecular weight is 278 g/mol. The Kier molecular flexibility index (Phi) is 6.47. The first kappa shape index (κ1) is 15.4. The Morgan fingerprint density at radius 2 is 2.00 bits per heavy atom. The molecule has 1 aromatic rings. The van der Waals surface area contributed by atoms with Crippen molar-refractivity contribution in [3.63, 3.8) is 0 Å². The molecule has 1 aromatic carbocycles. The zero-order chi connectivity index (χ0) is 14.2. The highest BCUT2D eigenvalue weighted by molar-refractivity contribution is 5.14. The molecule has 0 aliphatic carbocycles. The zero-order valence-electron chi connectivity index (χ0n) is 12.5. The molecular weight excluding hydrogens is 252 g/mol. The highest BCUT2D eigenvalue weighted by Crippen LogP contribution is 2.11. The molecule has 1 aliphatic heterocycles. The van der Waals surface area contributed by atoms with Gasteiger partial charge in [0.2, 0.25) is 0 Å². The van der Waals surface area contributed by atoms with Crippen molar-refractivity contribution in [1.29, 1.82) is 0 Å². The van der Waals surface area contributed by atoms with Crippen molar-refractivity contribution in [2.45, 2.75) is 25.2 Å². The standard InChI is InChI=1S/C16H26N2O2/c1-19-16(20-2)12-17-15-9-11-18(13-15)10-8-14-6-4-3-5-7-14/h3-7,15-17H,8-13H2,1-2H3. The summed E-state index contributed by atoms with van der Waals surface area (Å²) in [6.07, 6.45) is 2.19. The van der Waals surface area contributed by atoms with Crippen molar-refractivity contribution in [2.75, 3.05) is 40.4 Å². The van der Waals surface area contributed by atoms with Crippen LogP contribution in [-0.2, 0) is 15.9 Å². The van der Waals surface area contributed by atoms with Crippen molar-refractivity contribution < 1.29 is 9.47 Å². The first-order valence-electron chi connectivity index (χ1n) is 7.37. The predicted octanol–water partition coefficient (Wildman–Crippen LogP) is 1.51. The molecule has 0 bridgehead atoms. The fourth-order valence-corrected chi connectivity index (χ4v) is 2.66. The van der Waals surface area contributed by atoms with E-state index in [0.29, 0.717) is 6.04 Å². The summed E-state index contributed by atoms with van der Waals surface area (Å²) in [4.78, 5) is 2.53. The molecule has 0 saturated carbocycles. The fourth-order valence-electron chi connectivity index (χ4n) is 2.66. The van der Waals surface area contributed by atoms with Crippen LogP contribution in [0.15, 0.2) is 30.3 Å². The molecule has 0 spiro atoms. The van der Waals surface area contributed by atoms with Crippen molar-refractivity contribution in [2.24, 2.45) is 0 Å². The minimum Gasteiger partial charge on any atom is -0.355 e. The lowest BCUT2D eigenvalue weighted by molar-refractivity contribution is -0.0997. The summed E-state index contributed by atoms with van der Waals surface area (Å²) in [7, 11) is 3.35. The Labute approximate surface area is 122 Å². The molecule has 20 heavy (non-hydrogen) atoms. The quantitative estimate of drug-likeness (QED) is 0.731. The normalized spacial score (nSPS) is 19.9. The number of likely N-dealkylation sites (tertiary alicyclic amines) is 1. The molecule has 2 rings (SSSR count). The molecule has 1 atom stereocenters. The minimum absolute atomic E-state index is 0.145. The number of benzene rings is 1. The van der Waals surface area contributed by atoms with Gasteiger partial charge in [-0.1, -0.05) is 30.3 Å². The summed E-state index contributed by atoms with van der Waals surface area (Å²) in [6.45, 7) is 4.19. The minimum atomic E-state index is -0.145. The SMILES string of the molecule is COC(CNC1CCN(CCc2ccccc2)C1)OC. The summed E-state index contributed by atoms with van der Waals surface area (Å²) in [5.74, 6) is 0. The van der Waals surface area contributed by atoms with Crippen LogP contribution in [0, 0.1) is 0 Å². The smallest absolute Gasteiger partial charge is 0.169 e. The van der Waals surface area contributed by atoms with Gasteiger partial charge in [-0.25, -0.2) is 0 Å². The Balaban J connectivity index is 1.65. The van der Waals surface area contributed by atoms with Gasteiger partial charge in [0.25, 0.3) is 0 Å². The number of ether oxygens (including phenoxy) is 2. The van der Waals surface area contributed by atoms with Crippen LogP contribution in [0.4, 0.5) is 0 Å². The van der Waals surface area contributed by atoms with Crippen molar-refractivity contribution in [3.05, 3.63) is 35.9 Å². The van der Waals surface area contributed by atoms with E-state index in [1.807, 2.05) is 0 Å². The third-order valence-electron chi connectivity index (χ3n) is 3.93. The van der Waals surface area contributed by atoms with Crippen LogP contribution >= 0.6 is 0 Å². The highest BCUT2D eigenvalue weighted by atomic mass is 16.7. The molecular formula is C16H26N2O2. The number of nitrogens with zero attached hydrogens (tertiary/aromatic N) is 1. The number of methoxy groups -OCH3 is 2. The molecule has 1 saturated heterocycles. The lowest BCUT2D eigenvalue weighted by Crippen LogP contribution is -2.39. The van der Waals surface area contributed by atoms with Gasteiger partial charge in [-0.3, -0.25) is 0 Å². The van der Waals surface area contributed by atoms with E-state index in [0.717, 1.165) is 26.1 Å². The third-order valence-corrected chi connectivity index (χ3v) is 3.93. The first-order valence-corrected chi connectivity index (χ1v) is 7.37. The first-order chi connectivity index (χ1) is 9.81. The van der Waals surface area contributed by atoms with Crippen LogP contribution in [0.25, 0.3) is 0 Å². The van der Waals surface area contributed by atoms with E-state index in [9.17, 15) is 0 Å². The van der Waals surface area contributed by atoms with E-state index in [4.69, 9.17) is 9.47 Å². The van der Waals surface area contributed by atoms with Crippen LogP contribution in [0.2, 0.25) is 0 Å².